The fourth-order valence-electron chi connectivity index (χ4n) is 2.61. The van der Waals surface area contributed by atoms with Gasteiger partial charge in [0.2, 0.25) is 0 Å². The minimum absolute atomic E-state index is 0.822. The maximum Gasteiger partial charge on any atom is 0.178 e. The fraction of sp³-hybridized carbons (Fsp3) is 0.462. The predicted molar refractivity (Wildman–Crippen MR) is 80.5 cm³/mol. The zero-order valence-corrected chi connectivity index (χ0v) is 12.6. The fourth-order valence-corrected chi connectivity index (χ4v) is 3.27. The molecule has 1 aliphatic heterocycles. The van der Waals surface area contributed by atoms with Gasteiger partial charge in [0.05, 0.1) is 11.0 Å². The van der Waals surface area contributed by atoms with Gasteiger partial charge in [-0.2, -0.15) is 0 Å². The van der Waals surface area contributed by atoms with E-state index in [-0.39, 0.29) is 0 Å². The molecule has 96 valence electrons. The van der Waals surface area contributed by atoms with Crippen LogP contribution in [-0.2, 0) is 6.54 Å². The molecule has 1 N–H and O–H groups in total. The quantitative estimate of drug-likeness (QED) is 0.872. The number of nitrogens with one attached hydrogen (secondary N) is 1. The van der Waals surface area contributed by atoms with E-state index in [1.54, 1.807) is 0 Å². The standard InChI is InChI=1S/C13H16BrN3S/c14-10-3-4-12-11(9-10)15-13(18)17(12)8-7-16-5-1-2-6-16/h3-4,9H,1-2,5-8H2,(H,15,18). The number of aromatic nitrogens is 2. The van der Waals surface area contributed by atoms with Gasteiger partial charge in [-0.3, -0.25) is 0 Å². The first-order valence-electron chi connectivity index (χ1n) is 6.34. The van der Waals surface area contributed by atoms with Gasteiger partial charge in [-0.05, 0) is 56.3 Å². The summed E-state index contributed by atoms with van der Waals surface area (Å²) < 4.78 is 4.11. The zero-order chi connectivity index (χ0) is 12.5. The van der Waals surface area contributed by atoms with Crippen LogP contribution in [0, 0.1) is 4.77 Å². The molecule has 0 aliphatic carbocycles. The number of likely N-dealkylation sites (tertiary alicyclic amines) is 1. The summed E-state index contributed by atoms with van der Waals surface area (Å²) in [5.41, 5.74) is 2.30. The van der Waals surface area contributed by atoms with Crippen LogP contribution in [0.15, 0.2) is 22.7 Å². The molecular formula is C13H16BrN3S. The number of aromatic amines is 1. The lowest BCUT2D eigenvalue weighted by molar-refractivity contribution is 0.323. The molecule has 1 aromatic heterocycles. The molecule has 18 heavy (non-hydrogen) atoms. The van der Waals surface area contributed by atoms with E-state index < -0.39 is 0 Å². The summed E-state index contributed by atoms with van der Waals surface area (Å²) in [5.74, 6) is 0. The van der Waals surface area contributed by atoms with E-state index >= 15 is 0 Å². The summed E-state index contributed by atoms with van der Waals surface area (Å²) in [6.45, 7) is 4.54. The van der Waals surface area contributed by atoms with Crippen molar-refractivity contribution < 1.29 is 0 Å². The Bertz CT molecular complexity index is 610. The Labute approximate surface area is 120 Å². The molecule has 3 rings (SSSR count). The number of H-pyrrole nitrogens is 1. The van der Waals surface area contributed by atoms with Crippen molar-refractivity contribution in [3.05, 3.63) is 27.4 Å². The van der Waals surface area contributed by atoms with Gasteiger partial charge in [0.1, 0.15) is 0 Å². The SMILES string of the molecule is S=c1[nH]c2cc(Br)ccc2n1CCN1CCCC1. The molecule has 2 aromatic rings. The Morgan fingerprint density at radius 3 is 2.78 bits per heavy atom. The van der Waals surface area contributed by atoms with Gasteiger partial charge in [0, 0.05) is 17.6 Å². The summed E-state index contributed by atoms with van der Waals surface area (Å²) in [5, 5.41) is 0. The van der Waals surface area contributed by atoms with Crippen molar-refractivity contribution in [2.75, 3.05) is 19.6 Å². The lowest BCUT2D eigenvalue weighted by Gasteiger charge is -2.15. The summed E-state index contributed by atoms with van der Waals surface area (Å²) in [6.07, 6.45) is 2.68. The molecule has 0 radical (unpaired) electrons. The molecule has 0 unspecified atom stereocenters. The normalized spacial score (nSPS) is 16.7. The van der Waals surface area contributed by atoms with Gasteiger partial charge in [-0.25, -0.2) is 0 Å². The van der Waals surface area contributed by atoms with E-state index in [0.29, 0.717) is 0 Å². The third-order valence-electron chi connectivity index (χ3n) is 3.57. The van der Waals surface area contributed by atoms with Crippen LogP contribution in [0.4, 0.5) is 0 Å². The van der Waals surface area contributed by atoms with E-state index in [0.717, 1.165) is 27.8 Å². The molecule has 0 spiro atoms. The Hall–Kier alpha value is -0.650. The largest absolute Gasteiger partial charge is 0.331 e. The van der Waals surface area contributed by atoms with Gasteiger partial charge in [0.25, 0.3) is 0 Å². The lowest BCUT2D eigenvalue weighted by atomic mass is 10.3. The van der Waals surface area contributed by atoms with Crippen LogP contribution in [0.2, 0.25) is 0 Å². The first kappa shape index (κ1) is 12.4. The molecule has 0 atom stereocenters. The average Bonchev–Trinajstić information content (AvgIpc) is 2.93. The van der Waals surface area contributed by atoms with Crippen LogP contribution >= 0.6 is 28.1 Å². The van der Waals surface area contributed by atoms with E-state index in [1.165, 1.54) is 31.4 Å². The number of benzene rings is 1. The topological polar surface area (TPSA) is 24.0 Å². The van der Waals surface area contributed by atoms with Gasteiger partial charge in [0.15, 0.2) is 4.77 Å². The first-order chi connectivity index (χ1) is 8.74. The van der Waals surface area contributed by atoms with Crippen LogP contribution in [0.3, 0.4) is 0 Å². The molecular weight excluding hydrogens is 310 g/mol. The number of imidazole rings is 1. The van der Waals surface area contributed by atoms with Gasteiger partial charge in [-0.15, -0.1) is 0 Å². The number of hydrogen-bond donors (Lipinski definition) is 1. The maximum absolute atomic E-state index is 5.41. The van der Waals surface area contributed by atoms with Crippen molar-refractivity contribution in [3.63, 3.8) is 0 Å². The molecule has 3 nitrogen and oxygen atoms in total. The number of rotatable bonds is 3. The molecule has 0 amide bonds. The first-order valence-corrected chi connectivity index (χ1v) is 7.54. The number of halogens is 1. The van der Waals surface area contributed by atoms with E-state index in [9.17, 15) is 0 Å². The molecule has 1 aromatic carbocycles. The molecule has 5 heteroatoms. The molecule has 2 heterocycles. The number of nitrogens with zero attached hydrogens (tertiary/aromatic N) is 2. The second kappa shape index (κ2) is 5.15. The molecule has 0 saturated carbocycles. The highest BCUT2D eigenvalue weighted by atomic mass is 79.9. The highest BCUT2D eigenvalue weighted by molar-refractivity contribution is 9.10. The third-order valence-corrected chi connectivity index (χ3v) is 4.39. The van der Waals surface area contributed by atoms with Crippen LogP contribution in [0.1, 0.15) is 12.8 Å². The smallest absolute Gasteiger partial charge is 0.178 e. The van der Waals surface area contributed by atoms with Gasteiger partial charge >= 0.3 is 0 Å². The van der Waals surface area contributed by atoms with Crippen molar-refractivity contribution in [1.82, 2.24) is 14.5 Å². The number of fused-ring (bicyclic) bond motifs is 1. The minimum atomic E-state index is 0.822. The summed E-state index contributed by atoms with van der Waals surface area (Å²) in [4.78, 5) is 5.79. The number of hydrogen-bond acceptors (Lipinski definition) is 2. The second-order valence-electron chi connectivity index (χ2n) is 4.79. The van der Waals surface area contributed by atoms with Crippen molar-refractivity contribution >= 4 is 39.2 Å². The summed E-state index contributed by atoms with van der Waals surface area (Å²) in [7, 11) is 0. The Morgan fingerprint density at radius 1 is 1.22 bits per heavy atom. The zero-order valence-electron chi connectivity index (χ0n) is 10.2. The Morgan fingerprint density at radius 2 is 2.00 bits per heavy atom. The van der Waals surface area contributed by atoms with Crippen LogP contribution in [0.5, 0.6) is 0 Å². The van der Waals surface area contributed by atoms with Gasteiger partial charge in [-0.1, -0.05) is 15.9 Å². The minimum Gasteiger partial charge on any atom is -0.331 e. The molecule has 1 aliphatic rings. The predicted octanol–water partition coefficient (Wildman–Crippen LogP) is 3.56. The maximum atomic E-state index is 5.41. The van der Waals surface area contributed by atoms with E-state index in [4.69, 9.17) is 12.2 Å². The van der Waals surface area contributed by atoms with Crippen molar-refractivity contribution in [2.45, 2.75) is 19.4 Å². The summed E-state index contributed by atoms with van der Waals surface area (Å²) >= 11 is 8.90. The average molecular weight is 326 g/mol. The monoisotopic (exact) mass is 325 g/mol. The van der Waals surface area contributed by atoms with Crippen molar-refractivity contribution in [1.29, 1.82) is 0 Å². The third kappa shape index (κ3) is 2.39. The lowest BCUT2D eigenvalue weighted by Crippen LogP contribution is -2.24. The molecule has 1 fully saturated rings. The Kier molecular flexibility index (Phi) is 3.54. The highest BCUT2D eigenvalue weighted by Crippen LogP contribution is 2.19. The Balaban J connectivity index is 1.86. The van der Waals surface area contributed by atoms with Crippen molar-refractivity contribution in [2.24, 2.45) is 0 Å². The van der Waals surface area contributed by atoms with Crippen LogP contribution in [0.25, 0.3) is 11.0 Å². The summed E-state index contributed by atoms with van der Waals surface area (Å²) in [6, 6.07) is 6.27. The van der Waals surface area contributed by atoms with Crippen molar-refractivity contribution in [3.8, 4) is 0 Å². The highest BCUT2D eigenvalue weighted by Gasteiger charge is 2.12. The van der Waals surface area contributed by atoms with Crippen LogP contribution in [-0.4, -0.2) is 34.1 Å². The van der Waals surface area contributed by atoms with Gasteiger partial charge < -0.3 is 14.5 Å². The molecule has 1 saturated heterocycles. The van der Waals surface area contributed by atoms with E-state index in [2.05, 4.69) is 48.6 Å². The molecule has 0 bridgehead atoms. The second-order valence-corrected chi connectivity index (χ2v) is 6.09. The van der Waals surface area contributed by atoms with E-state index in [1.807, 2.05) is 0 Å². The van der Waals surface area contributed by atoms with Crippen LogP contribution < -0.4 is 0 Å².